The summed E-state index contributed by atoms with van der Waals surface area (Å²) >= 11 is 0. The molecule has 96 valence electrons. The Labute approximate surface area is 104 Å². The molecule has 0 saturated carbocycles. The van der Waals surface area contributed by atoms with Gasteiger partial charge in [0.25, 0.3) is 0 Å². The Morgan fingerprint density at radius 2 is 2.33 bits per heavy atom. The highest BCUT2D eigenvalue weighted by Gasteiger charge is 2.29. The van der Waals surface area contributed by atoms with E-state index in [1.165, 1.54) is 0 Å². The van der Waals surface area contributed by atoms with Crippen molar-refractivity contribution in [1.29, 1.82) is 0 Å². The predicted molar refractivity (Wildman–Crippen MR) is 62.0 cm³/mol. The largest absolute Gasteiger partial charge is 0.476 e. The number of fused-ring (bicyclic) bond motifs is 1. The Bertz CT molecular complexity index is 492. The first-order valence-corrected chi connectivity index (χ1v) is 5.73. The van der Waals surface area contributed by atoms with Crippen LogP contribution in [-0.2, 0) is 17.8 Å². The molecule has 1 aromatic heterocycles. The molecule has 0 saturated heterocycles. The van der Waals surface area contributed by atoms with Gasteiger partial charge < -0.3 is 14.5 Å². The summed E-state index contributed by atoms with van der Waals surface area (Å²) in [5.74, 6) is -0.557. The standard InChI is InChI=1S/C12H14N2O4/c1-2-3-4-10(15)14-6-5-9-8(7-14)11(12(16)17)13-18-9/h2H,1,3-7H2,(H,16,17). The smallest absolute Gasteiger partial charge is 0.358 e. The van der Waals surface area contributed by atoms with Crippen molar-refractivity contribution in [3.05, 3.63) is 29.7 Å². The molecule has 0 unspecified atom stereocenters. The molecule has 0 aliphatic carbocycles. The number of carbonyl (C=O) groups is 2. The average Bonchev–Trinajstić information content (AvgIpc) is 2.78. The number of amides is 1. The van der Waals surface area contributed by atoms with Crippen LogP contribution in [0.4, 0.5) is 0 Å². The molecule has 1 amide bonds. The molecular formula is C12H14N2O4. The van der Waals surface area contributed by atoms with Gasteiger partial charge in [-0.1, -0.05) is 11.2 Å². The molecule has 6 nitrogen and oxygen atoms in total. The second kappa shape index (κ2) is 5.03. The van der Waals surface area contributed by atoms with Crippen molar-refractivity contribution in [1.82, 2.24) is 10.1 Å². The molecule has 0 radical (unpaired) electrons. The molecule has 0 atom stereocenters. The highest BCUT2D eigenvalue weighted by atomic mass is 16.5. The van der Waals surface area contributed by atoms with Crippen molar-refractivity contribution >= 4 is 11.9 Å². The van der Waals surface area contributed by atoms with Crippen LogP contribution in [-0.4, -0.2) is 33.6 Å². The highest BCUT2D eigenvalue weighted by Crippen LogP contribution is 2.23. The van der Waals surface area contributed by atoms with Gasteiger partial charge in [-0.2, -0.15) is 0 Å². The Morgan fingerprint density at radius 3 is 3.00 bits per heavy atom. The maximum Gasteiger partial charge on any atom is 0.358 e. The van der Waals surface area contributed by atoms with Crippen LogP contribution in [0.1, 0.15) is 34.7 Å². The first-order chi connectivity index (χ1) is 8.63. The van der Waals surface area contributed by atoms with Gasteiger partial charge in [0.2, 0.25) is 5.91 Å². The van der Waals surface area contributed by atoms with E-state index in [1.54, 1.807) is 11.0 Å². The van der Waals surface area contributed by atoms with E-state index in [2.05, 4.69) is 11.7 Å². The third-order valence-electron chi connectivity index (χ3n) is 2.94. The minimum Gasteiger partial charge on any atom is -0.476 e. The topological polar surface area (TPSA) is 83.6 Å². The Hall–Kier alpha value is -2.11. The van der Waals surface area contributed by atoms with Crippen LogP contribution < -0.4 is 0 Å². The zero-order valence-electron chi connectivity index (χ0n) is 9.89. The lowest BCUT2D eigenvalue weighted by atomic mass is 10.1. The predicted octanol–water partition coefficient (Wildman–Crippen LogP) is 1.22. The molecule has 2 heterocycles. The second-order valence-electron chi connectivity index (χ2n) is 4.13. The van der Waals surface area contributed by atoms with Crippen molar-refractivity contribution in [3.63, 3.8) is 0 Å². The van der Waals surface area contributed by atoms with Crippen LogP contribution in [0.5, 0.6) is 0 Å². The van der Waals surface area contributed by atoms with Crippen LogP contribution in [0.3, 0.4) is 0 Å². The normalized spacial score (nSPS) is 14.1. The molecule has 18 heavy (non-hydrogen) atoms. The number of hydrogen-bond donors (Lipinski definition) is 1. The summed E-state index contributed by atoms with van der Waals surface area (Å²) < 4.78 is 4.97. The minimum atomic E-state index is -1.12. The molecule has 1 aromatic rings. The fraction of sp³-hybridized carbons (Fsp3) is 0.417. The SMILES string of the molecule is C=CCCC(=O)N1CCc2onc(C(=O)O)c2C1. The molecule has 0 aromatic carbocycles. The van der Waals surface area contributed by atoms with Gasteiger partial charge in [0.15, 0.2) is 5.69 Å². The van der Waals surface area contributed by atoms with Crippen molar-refractivity contribution in [2.75, 3.05) is 6.54 Å². The van der Waals surface area contributed by atoms with Crippen molar-refractivity contribution in [3.8, 4) is 0 Å². The van der Waals surface area contributed by atoms with Gasteiger partial charge in [-0.3, -0.25) is 4.79 Å². The molecule has 0 bridgehead atoms. The molecule has 6 heteroatoms. The lowest BCUT2D eigenvalue weighted by Gasteiger charge is -2.25. The van der Waals surface area contributed by atoms with E-state index in [-0.39, 0.29) is 18.1 Å². The van der Waals surface area contributed by atoms with Gasteiger partial charge in [0.1, 0.15) is 5.76 Å². The molecule has 0 spiro atoms. The summed E-state index contributed by atoms with van der Waals surface area (Å²) in [6.45, 7) is 4.37. The Morgan fingerprint density at radius 1 is 1.56 bits per heavy atom. The number of rotatable bonds is 4. The van der Waals surface area contributed by atoms with Crippen molar-refractivity contribution in [2.24, 2.45) is 0 Å². The number of hydrogen-bond acceptors (Lipinski definition) is 4. The molecule has 1 aliphatic heterocycles. The summed E-state index contributed by atoms with van der Waals surface area (Å²) in [6.07, 6.45) is 3.22. The number of carbonyl (C=O) groups excluding carboxylic acids is 1. The number of carboxylic acid groups (broad SMARTS) is 1. The summed E-state index contributed by atoms with van der Waals surface area (Å²) in [5, 5.41) is 12.5. The van der Waals surface area contributed by atoms with Gasteiger partial charge in [0, 0.05) is 24.9 Å². The number of carboxylic acids is 1. The molecule has 0 fully saturated rings. The van der Waals surface area contributed by atoms with Gasteiger partial charge in [0.05, 0.1) is 6.54 Å². The zero-order valence-corrected chi connectivity index (χ0v) is 9.89. The van der Waals surface area contributed by atoms with E-state index in [9.17, 15) is 9.59 Å². The summed E-state index contributed by atoms with van der Waals surface area (Å²) in [6, 6.07) is 0. The van der Waals surface area contributed by atoms with Crippen LogP contribution in [0.25, 0.3) is 0 Å². The van der Waals surface area contributed by atoms with Crippen LogP contribution in [0.15, 0.2) is 17.2 Å². The number of aromatic carboxylic acids is 1. The van der Waals surface area contributed by atoms with Crippen molar-refractivity contribution < 1.29 is 19.2 Å². The lowest BCUT2D eigenvalue weighted by Crippen LogP contribution is -2.35. The van der Waals surface area contributed by atoms with Crippen molar-refractivity contribution in [2.45, 2.75) is 25.8 Å². The first-order valence-electron chi connectivity index (χ1n) is 5.73. The molecular weight excluding hydrogens is 236 g/mol. The molecule has 1 N–H and O–H groups in total. The third kappa shape index (κ3) is 2.27. The lowest BCUT2D eigenvalue weighted by molar-refractivity contribution is -0.132. The number of aromatic nitrogens is 1. The number of nitrogens with zero attached hydrogens (tertiary/aromatic N) is 2. The second-order valence-corrected chi connectivity index (χ2v) is 4.13. The molecule has 1 aliphatic rings. The summed E-state index contributed by atoms with van der Waals surface area (Å²) in [5.41, 5.74) is 0.423. The average molecular weight is 250 g/mol. The fourth-order valence-electron chi connectivity index (χ4n) is 1.97. The van der Waals surface area contributed by atoms with E-state index in [1.807, 2.05) is 0 Å². The van der Waals surface area contributed by atoms with Gasteiger partial charge in [-0.15, -0.1) is 6.58 Å². The van der Waals surface area contributed by atoms with Crippen LogP contribution >= 0.6 is 0 Å². The van der Waals surface area contributed by atoms with E-state index in [0.717, 1.165) is 0 Å². The highest BCUT2D eigenvalue weighted by molar-refractivity contribution is 5.87. The molecule has 2 rings (SSSR count). The van der Waals surface area contributed by atoms with E-state index >= 15 is 0 Å². The first kappa shape index (κ1) is 12.3. The van der Waals surface area contributed by atoms with Gasteiger partial charge >= 0.3 is 5.97 Å². The maximum absolute atomic E-state index is 11.8. The van der Waals surface area contributed by atoms with Crippen LogP contribution in [0, 0.1) is 0 Å². The monoisotopic (exact) mass is 250 g/mol. The minimum absolute atomic E-state index is 0.00177. The Kier molecular flexibility index (Phi) is 3.45. The quantitative estimate of drug-likeness (QED) is 0.812. The van der Waals surface area contributed by atoms with Crippen LogP contribution in [0.2, 0.25) is 0 Å². The van der Waals surface area contributed by atoms with E-state index in [4.69, 9.17) is 9.63 Å². The van der Waals surface area contributed by atoms with E-state index < -0.39 is 5.97 Å². The van der Waals surface area contributed by atoms with Gasteiger partial charge in [-0.05, 0) is 6.42 Å². The zero-order chi connectivity index (χ0) is 13.1. The fourth-order valence-corrected chi connectivity index (χ4v) is 1.97. The summed E-state index contributed by atoms with van der Waals surface area (Å²) in [4.78, 5) is 24.4. The maximum atomic E-state index is 11.8. The Balaban J connectivity index is 2.13. The number of allylic oxidation sites excluding steroid dienone is 1. The van der Waals surface area contributed by atoms with E-state index in [0.29, 0.717) is 37.1 Å². The van der Waals surface area contributed by atoms with Gasteiger partial charge in [-0.25, -0.2) is 4.79 Å². The third-order valence-corrected chi connectivity index (χ3v) is 2.94. The summed E-state index contributed by atoms with van der Waals surface area (Å²) in [7, 11) is 0.